The Hall–Kier alpha value is -0.450. The van der Waals surface area contributed by atoms with Gasteiger partial charge in [0.2, 0.25) is 0 Å². The van der Waals surface area contributed by atoms with Crippen molar-refractivity contribution in [3.05, 3.63) is 0 Å². The first-order chi connectivity index (χ1) is 5.41. The van der Waals surface area contributed by atoms with Crippen LogP contribution in [0.1, 0.15) is 20.8 Å². The maximum atomic E-state index is 11.7. The van der Waals surface area contributed by atoms with Gasteiger partial charge in [-0.15, -0.1) is 0 Å². The van der Waals surface area contributed by atoms with Crippen LogP contribution in [-0.4, -0.2) is 30.4 Å². The van der Waals surface area contributed by atoms with Crippen molar-refractivity contribution in [2.24, 2.45) is 5.41 Å². The molecule has 4 heteroatoms. The molecule has 0 saturated carbocycles. The van der Waals surface area contributed by atoms with E-state index in [1.54, 1.807) is 0 Å². The number of nitrogens with zero attached hydrogens (tertiary/aromatic N) is 1. The van der Waals surface area contributed by atoms with Crippen LogP contribution in [0.25, 0.3) is 0 Å². The van der Waals surface area contributed by atoms with Crippen LogP contribution >= 0.6 is 0 Å². The summed E-state index contributed by atoms with van der Waals surface area (Å²) in [6.07, 6.45) is 0. The molecule has 0 bridgehead atoms. The van der Waals surface area contributed by atoms with Crippen LogP contribution < -0.4 is 11.0 Å². The molecule has 4 nitrogen and oxygen atoms in total. The van der Waals surface area contributed by atoms with E-state index in [4.69, 9.17) is 0 Å². The molecule has 1 saturated heterocycles. The number of likely N-dealkylation sites (N-methyl/N-ethyl adjacent to an activating group) is 1. The standard InChI is InChI=1S/C8H17N3O/c1-8(2,3)7(12)6-5-11(4)10-9-6/h6,9-10H,5H2,1-4H3. The van der Waals surface area contributed by atoms with E-state index >= 15 is 0 Å². The average Bonchev–Trinajstić information content (AvgIpc) is 2.32. The van der Waals surface area contributed by atoms with Crippen molar-refractivity contribution in [1.82, 2.24) is 16.0 Å². The van der Waals surface area contributed by atoms with Gasteiger partial charge in [0, 0.05) is 19.0 Å². The van der Waals surface area contributed by atoms with Crippen molar-refractivity contribution in [3.63, 3.8) is 0 Å². The number of carbonyl (C=O) groups excluding carboxylic acids is 1. The van der Waals surface area contributed by atoms with Gasteiger partial charge in [0.1, 0.15) is 0 Å². The van der Waals surface area contributed by atoms with Gasteiger partial charge in [-0.1, -0.05) is 20.8 Å². The quantitative estimate of drug-likeness (QED) is 0.579. The van der Waals surface area contributed by atoms with Crippen LogP contribution in [-0.2, 0) is 4.79 Å². The Morgan fingerprint density at radius 2 is 2.08 bits per heavy atom. The van der Waals surface area contributed by atoms with Gasteiger partial charge >= 0.3 is 0 Å². The van der Waals surface area contributed by atoms with Gasteiger partial charge in [-0.3, -0.25) is 4.79 Å². The fourth-order valence-electron chi connectivity index (χ4n) is 1.22. The second-order valence-electron chi connectivity index (χ2n) is 4.30. The predicted molar refractivity (Wildman–Crippen MR) is 47.2 cm³/mol. The maximum Gasteiger partial charge on any atom is 0.157 e. The number of carbonyl (C=O) groups is 1. The molecule has 1 fully saturated rings. The molecular formula is C8H17N3O. The highest BCUT2D eigenvalue weighted by Crippen LogP contribution is 2.17. The molecule has 2 N–H and O–H groups in total. The van der Waals surface area contributed by atoms with E-state index in [1.807, 2.05) is 32.8 Å². The molecule has 0 aromatic carbocycles. The minimum Gasteiger partial charge on any atom is -0.297 e. The number of hydrogen-bond donors (Lipinski definition) is 2. The lowest BCUT2D eigenvalue weighted by atomic mass is 9.87. The maximum absolute atomic E-state index is 11.7. The molecule has 1 heterocycles. The van der Waals surface area contributed by atoms with Gasteiger partial charge in [0.25, 0.3) is 0 Å². The molecule has 0 aromatic heterocycles. The van der Waals surface area contributed by atoms with Crippen LogP contribution in [0.5, 0.6) is 0 Å². The molecule has 12 heavy (non-hydrogen) atoms. The second-order valence-corrected chi connectivity index (χ2v) is 4.30. The van der Waals surface area contributed by atoms with Crippen molar-refractivity contribution in [2.45, 2.75) is 26.8 Å². The van der Waals surface area contributed by atoms with Gasteiger partial charge < -0.3 is 0 Å². The van der Waals surface area contributed by atoms with Crippen molar-refractivity contribution in [1.29, 1.82) is 0 Å². The van der Waals surface area contributed by atoms with E-state index < -0.39 is 0 Å². The summed E-state index contributed by atoms with van der Waals surface area (Å²) < 4.78 is 0. The largest absolute Gasteiger partial charge is 0.297 e. The van der Waals surface area contributed by atoms with Gasteiger partial charge in [-0.2, -0.15) is 5.53 Å². The molecule has 0 spiro atoms. The SMILES string of the molecule is CN1CC(C(=O)C(C)(C)C)NN1. The van der Waals surface area contributed by atoms with Gasteiger partial charge in [0.15, 0.2) is 5.78 Å². The Bertz CT molecular complexity index is 185. The van der Waals surface area contributed by atoms with Crippen molar-refractivity contribution < 1.29 is 4.79 Å². The lowest BCUT2D eigenvalue weighted by Crippen LogP contribution is -2.43. The van der Waals surface area contributed by atoms with Crippen LogP contribution in [0.15, 0.2) is 0 Å². The van der Waals surface area contributed by atoms with Gasteiger partial charge in [0.05, 0.1) is 6.04 Å². The number of hydrazine groups is 2. The second kappa shape index (κ2) is 3.12. The monoisotopic (exact) mass is 171 g/mol. The Labute approximate surface area is 73.2 Å². The number of hydrogen-bond acceptors (Lipinski definition) is 4. The van der Waals surface area contributed by atoms with Crippen LogP contribution in [0, 0.1) is 5.41 Å². The highest BCUT2D eigenvalue weighted by atomic mass is 16.1. The molecular weight excluding hydrogens is 154 g/mol. The highest BCUT2D eigenvalue weighted by Gasteiger charge is 2.33. The van der Waals surface area contributed by atoms with Crippen LogP contribution in [0.3, 0.4) is 0 Å². The molecule has 0 amide bonds. The minimum absolute atomic E-state index is 0.0741. The smallest absolute Gasteiger partial charge is 0.157 e. The number of Topliss-reactive ketones (excluding diaryl/α,β-unsaturated/α-hetero) is 1. The zero-order valence-corrected chi connectivity index (χ0v) is 8.14. The third-order valence-electron chi connectivity index (χ3n) is 1.94. The summed E-state index contributed by atoms with van der Waals surface area (Å²) in [4.78, 5) is 11.7. The van der Waals surface area contributed by atoms with E-state index in [9.17, 15) is 4.79 Å². The van der Waals surface area contributed by atoms with E-state index in [0.717, 1.165) is 6.54 Å². The lowest BCUT2D eigenvalue weighted by molar-refractivity contribution is -0.127. The van der Waals surface area contributed by atoms with Crippen molar-refractivity contribution in [2.75, 3.05) is 13.6 Å². The average molecular weight is 171 g/mol. The number of rotatable bonds is 1. The third-order valence-corrected chi connectivity index (χ3v) is 1.94. The molecule has 0 radical (unpaired) electrons. The number of nitrogens with one attached hydrogen (secondary N) is 2. The van der Waals surface area contributed by atoms with Crippen LogP contribution in [0.2, 0.25) is 0 Å². The molecule has 1 rings (SSSR count). The molecule has 70 valence electrons. The van der Waals surface area contributed by atoms with E-state index in [1.165, 1.54) is 0 Å². The highest BCUT2D eigenvalue weighted by molar-refractivity contribution is 5.89. The normalized spacial score (nSPS) is 26.2. The fourth-order valence-corrected chi connectivity index (χ4v) is 1.22. The fraction of sp³-hybridized carbons (Fsp3) is 0.875. The first-order valence-corrected chi connectivity index (χ1v) is 4.18. The Morgan fingerprint density at radius 3 is 2.42 bits per heavy atom. The van der Waals surface area contributed by atoms with Crippen LogP contribution in [0.4, 0.5) is 0 Å². The summed E-state index contributed by atoms with van der Waals surface area (Å²) in [7, 11) is 1.91. The summed E-state index contributed by atoms with van der Waals surface area (Å²) in [6.45, 7) is 6.55. The van der Waals surface area contributed by atoms with Crippen molar-refractivity contribution in [3.8, 4) is 0 Å². The Kier molecular flexibility index (Phi) is 2.51. The van der Waals surface area contributed by atoms with E-state index in [0.29, 0.717) is 0 Å². The summed E-state index contributed by atoms with van der Waals surface area (Å²) in [5.41, 5.74) is 5.56. The van der Waals surface area contributed by atoms with Crippen molar-refractivity contribution >= 4 is 5.78 Å². The molecule has 1 unspecified atom stereocenters. The minimum atomic E-state index is -0.259. The van der Waals surface area contributed by atoms with E-state index in [-0.39, 0.29) is 17.2 Å². The zero-order valence-electron chi connectivity index (χ0n) is 8.14. The molecule has 1 atom stereocenters. The van der Waals surface area contributed by atoms with E-state index in [2.05, 4.69) is 11.0 Å². The Morgan fingerprint density at radius 1 is 1.50 bits per heavy atom. The summed E-state index contributed by atoms with van der Waals surface area (Å²) in [5, 5.41) is 1.87. The predicted octanol–water partition coefficient (Wildman–Crippen LogP) is -0.0752. The molecule has 0 aliphatic carbocycles. The zero-order chi connectivity index (χ0) is 9.35. The number of ketones is 1. The molecule has 1 aliphatic rings. The van der Waals surface area contributed by atoms with Gasteiger partial charge in [-0.05, 0) is 0 Å². The Balaban J connectivity index is 2.55. The summed E-state index contributed by atoms with van der Waals surface area (Å²) >= 11 is 0. The first kappa shape index (κ1) is 9.64. The first-order valence-electron chi connectivity index (χ1n) is 4.18. The summed E-state index contributed by atoms with van der Waals surface area (Å²) in [5.74, 6) is 0.249. The molecule has 1 aliphatic heterocycles. The lowest BCUT2D eigenvalue weighted by Gasteiger charge is -2.20. The third kappa shape index (κ3) is 2.03. The summed E-state index contributed by atoms with van der Waals surface area (Å²) in [6, 6.07) is -0.0741. The topological polar surface area (TPSA) is 44.4 Å². The van der Waals surface area contributed by atoms with Gasteiger partial charge in [-0.25, -0.2) is 10.4 Å². The molecule has 0 aromatic rings.